The van der Waals surface area contributed by atoms with Crippen molar-refractivity contribution in [2.75, 3.05) is 57.4 Å². The molecule has 1 aromatic heterocycles. The molecule has 0 spiro atoms. The number of pyridine rings is 1. The van der Waals surface area contributed by atoms with Crippen molar-refractivity contribution in [2.24, 2.45) is 0 Å². The van der Waals surface area contributed by atoms with E-state index in [0.717, 1.165) is 64.5 Å². The van der Waals surface area contributed by atoms with Gasteiger partial charge in [0.2, 0.25) is 5.91 Å². The van der Waals surface area contributed by atoms with Crippen molar-refractivity contribution in [2.45, 2.75) is 26.2 Å². The van der Waals surface area contributed by atoms with Crippen LogP contribution in [0.25, 0.3) is 0 Å². The lowest BCUT2D eigenvalue weighted by Crippen LogP contribution is -2.49. The van der Waals surface area contributed by atoms with Gasteiger partial charge in [-0.05, 0) is 25.0 Å². The fraction of sp³-hybridized carbons (Fsp3) is 0.667. The Labute approximate surface area is 145 Å². The van der Waals surface area contributed by atoms with Crippen LogP contribution in [0.1, 0.15) is 26.2 Å². The number of carbonyl (C=O) groups excluding carboxylic acids is 1. The summed E-state index contributed by atoms with van der Waals surface area (Å²) in [5.74, 6) is 1.12. The Morgan fingerprint density at radius 1 is 1.21 bits per heavy atom. The molecule has 0 aromatic carbocycles. The van der Waals surface area contributed by atoms with E-state index >= 15 is 0 Å². The van der Waals surface area contributed by atoms with Crippen LogP contribution in [0.15, 0.2) is 24.4 Å². The van der Waals surface area contributed by atoms with Gasteiger partial charge >= 0.3 is 0 Å². The molecule has 2 heterocycles. The number of unbranched alkanes of at least 4 members (excludes halogenated alkanes) is 1. The van der Waals surface area contributed by atoms with Gasteiger partial charge in [0.05, 0.1) is 6.54 Å². The second-order valence-corrected chi connectivity index (χ2v) is 6.12. The molecule has 0 radical (unpaired) electrons. The molecule has 1 aliphatic heterocycles. The summed E-state index contributed by atoms with van der Waals surface area (Å²) in [6.07, 6.45) is 4.96. The summed E-state index contributed by atoms with van der Waals surface area (Å²) in [7, 11) is 0. The fourth-order valence-electron chi connectivity index (χ4n) is 2.69. The predicted molar refractivity (Wildman–Crippen MR) is 96.2 cm³/mol. The first kappa shape index (κ1) is 18.7. The molecule has 1 amide bonds. The number of hydrogen-bond donors (Lipinski definition) is 1. The van der Waals surface area contributed by atoms with E-state index < -0.39 is 0 Å². The van der Waals surface area contributed by atoms with Crippen molar-refractivity contribution in [1.29, 1.82) is 0 Å². The summed E-state index contributed by atoms with van der Waals surface area (Å²) in [4.78, 5) is 20.8. The maximum Gasteiger partial charge on any atom is 0.234 e. The zero-order valence-electron chi connectivity index (χ0n) is 14.7. The van der Waals surface area contributed by atoms with E-state index in [9.17, 15) is 4.79 Å². The van der Waals surface area contributed by atoms with Crippen LogP contribution < -0.4 is 10.2 Å². The third kappa shape index (κ3) is 6.84. The number of nitrogens with one attached hydrogen (secondary N) is 1. The van der Waals surface area contributed by atoms with Crippen LogP contribution in [0.3, 0.4) is 0 Å². The van der Waals surface area contributed by atoms with Crippen molar-refractivity contribution in [3.8, 4) is 0 Å². The van der Waals surface area contributed by atoms with Crippen LogP contribution >= 0.6 is 0 Å². The summed E-state index contributed by atoms with van der Waals surface area (Å²) in [5, 5.41) is 2.98. The Kier molecular flexibility index (Phi) is 8.55. The highest BCUT2D eigenvalue weighted by molar-refractivity contribution is 5.78. The average Bonchev–Trinajstić information content (AvgIpc) is 2.62. The monoisotopic (exact) mass is 334 g/mol. The molecule has 0 unspecified atom stereocenters. The molecule has 1 aliphatic rings. The number of nitrogens with zero attached hydrogens (tertiary/aromatic N) is 3. The summed E-state index contributed by atoms with van der Waals surface area (Å²) in [5.41, 5.74) is 0. The van der Waals surface area contributed by atoms with Gasteiger partial charge < -0.3 is 15.0 Å². The highest BCUT2D eigenvalue weighted by Crippen LogP contribution is 2.12. The van der Waals surface area contributed by atoms with E-state index in [1.807, 2.05) is 24.4 Å². The van der Waals surface area contributed by atoms with Gasteiger partial charge in [-0.25, -0.2) is 4.98 Å². The largest absolute Gasteiger partial charge is 0.381 e. The van der Waals surface area contributed by atoms with E-state index in [2.05, 4.69) is 27.0 Å². The van der Waals surface area contributed by atoms with Crippen LogP contribution in [0.2, 0.25) is 0 Å². The predicted octanol–water partition coefficient (Wildman–Crippen LogP) is 1.53. The molecule has 134 valence electrons. The maximum absolute atomic E-state index is 12.0. The molecular formula is C18H30N4O2. The first-order valence-electron chi connectivity index (χ1n) is 9.02. The number of amides is 1. The number of hydrogen-bond acceptors (Lipinski definition) is 5. The van der Waals surface area contributed by atoms with E-state index in [1.54, 1.807) is 0 Å². The van der Waals surface area contributed by atoms with Crippen LogP contribution in [0, 0.1) is 0 Å². The Hall–Kier alpha value is -1.66. The van der Waals surface area contributed by atoms with E-state index in [0.29, 0.717) is 13.1 Å². The molecule has 0 bridgehead atoms. The summed E-state index contributed by atoms with van der Waals surface area (Å²) in [6.45, 7) is 8.48. The second kappa shape index (κ2) is 11.0. The molecule has 0 aliphatic carbocycles. The number of ether oxygens (including phenoxy) is 1. The first-order valence-corrected chi connectivity index (χ1v) is 9.02. The van der Waals surface area contributed by atoms with Gasteiger partial charge in [0.25, 0.3) is 0 Å². The molecule has 1 aromatic rings. The molecule has 2 rings (SSSR count). The third-order valence-electron chi connectivity index (χ3n) is 4.14. The van der Waals surface area contributed by atoms with Crippen LogP contribution in [0.4, 0.5) is 5.82 Å². The van der Waals surface area contributed by atoms with E-state index in [4.69, 9.17) is 4.74 Å². The van der Waals surface area contributed by atoms with Gasteiger partial charge in [0.15, 0.2) is 0 Å². The average molecular weight is 334 g/mol. The van der Waals surface area contributed by atoms with Gasteiger partial charge in [-0.15, -0.1) is 0 Å². The minimum absolute atomic E-state index is 0.106. The summed E-state index contributed by atoms with van der Waals surface area (Å²) >= 11 is 0. The van der Waals surface area contributed by atoms with Crippen molar-refractivity contribution in [1.82, 2.24) is 15.2 Å². The number of anilines is 1. The highest BCUT2D eigenvalue weighted by atomic mass is 16.5. The molecule has 6 nitrogen and oxygen atoms in total. The quantitative estimate of drug-likeness (QED) is 0.658. The third-order valence-corrected chi connectivity index (χ3v) is 4.14. The number of aromatic nitrogens is 1. The standard InChI is InChI=1S/C18H30N4O2/c1-2-3-14-24-15-6-9-20-18(23)16-21-10-12-22(13-11-21)17-7-4-5-8-19-17/h4-5,7-8H,2-3,6,9-16H2,1H3,(H,20,23). The molecule has 1 fully saturated rings. The SMILES string of the molecule is CCCCOCCCNC(=O)CN1CCN(c2ccccn2)CC1. The van der Waals surface area contributed by atoms with Crippen LogP contribution in [-0.2, 0) is 9.53 Å². The zero-order chi connectivity index (χ0) is 17.0. The lowest BCUT2D eigenvalue weighted by atomic mass is 10.3. The van der Waals surface area contributed by atoms with Crippen molar-refractivity contribution >= 4 is 11.7 Å². The number of carbonyl (C=O) groups is 1. The van der Waals surface area contributed by atoms with Gasteiger partial charge in [0.1, 0.15) is 5.82 Å². The maximum atomic E-state index is 12.0. The van der Waals surface area contributed by atoms with Gasteiger partial charge in [0, 0.05) is 52.1 Å². The van der Waals surface area contributed by atoms with Crippen LogP contribution in [0.5, 0.6) is 0 Å². The molecule has 0 atom stereocenters. The Bertz CT molecular complexity index is 461. The van der Waals surface area contributed by atoms with Crippen molar-refractivity contribution in [3.05, 3.63) is 24.4 Å². The summed E-state index contributed by atoms with van der Waals surface area (Å²) in [6, 6.07) is 5.97. The summed E-state index contributed by atoms with van der Waals surface area (Å²) < 4.78 is 5.49. The molecular weight excluding hydrogens is 304 g/mol. The number of rotatable bonds is 10. The lowest BCUT2D eigenvalue weighted by molar-refractivity contribution is -0.122. The van der Waals surface area contributed by atoms with Crippen molar-refractivity contribution < 1.29 is 9.53 Å². The molecule has 1 N–H and O–H groups in total. The fourth-order valence-corrected chi connectivity index (χ4v) is 2.69. The van der Waals surface area contributed by atoms with Crippen LogP contribution in [-0.4, -0.2) is 68.3 Å². The van der Waals surface area contributed by atoms with Gasteiger partial charge in [-0.2, -0.15) is 0 Å². The minimum atomic E-state index is 0.106. The minimum Gasteiger partial charge on any atom is -0.381 e. The van der Waals surface area contributed by atoms with E-state index in [1.165, 1.54) is 0 Å². The highest BCUT2D eigenvalue weighted by Gasteiger charge is 2.19. The topological polar surface area (TPSA) is 57.7 Å². The van der Waals surface area contributed by atoms with E-state index in [-0.39, 0.29) is 5.91 Å². The smallest absolute Gasteiger partial charge is 0.234 e. The molecule has 24 heavy (non-hydrogen) atoms. The van der Waals surface area contributed by atoms with Gasteiger partial charge in [-0.1, -0.05) is 19.4 Å². The Morgan fingerprint density at radius 2 is 2.00 bits per heavy atom. The molecule has 0 saturated carbocycles. The second-order valence-electron chi connectivity index (χ2n) is 6.12. The zero-order valence-corrected chi connectivity index (χ0v) is 14.7. The first-order chi connectivity index (χ1) is 11.8. The van der Waals surface area contributed by atoms with Crippen molar-refractivity contribution in [3.63, 3.8) is 0 Å². The lowest BCUT2D eigenvalue weighted by Gasteiger charge is -2.34. The molecule has 6 heteroatoms. The van der Waals surface area contributed by atoms with Gasteiger partial charge in [-0.3, -0.25) is 9.69 Å². The Balaban J connectivity index is 1.54. The Morgan fingerprint density at radius 3 is 2.71 bits per heavy atom. The molecule has 1 saturated heterocycles. The normalized spacial score (nSPS) is 15.5. The number of piperazine rings is 1.